The normalized spacial score (nSPS) is 16.6. The Kier molecular flexibility index (Phi) is 4.40. The van der Waals surface area contributed by atoms with Crippen molar-refractivity contribution in [3.05, 3.63) is 41.7 Å². The number of imidazole rings is 1. The summed E-state index contributed by atoms with van der Waals surface area (Å²) in [5.41, 5.74) is 6.36. The standard InChI is InChI=1S/C16H19F3N4O/c17-16(18,19)12-2-1-11(10-23-8-5-21-15(23)20)14(9-12)22-6-3-13(24)4-7-22/h1-2,5,8-9,13,24H,3-4,6-7,10H2,(H2,20,21). The molecule has 1 saturated heterocycles. The van der Waals surface area contributed by atoms with E-state index in [1.807, 2.05) is 4.90 Å². The second-order valence-electron chi connectivity index (χ2n) is 5.97. The zero-order valence-electron chi connectivity index (χ0n) is 13.0. The number of nitrogens with zero attached hydrogens (tertiary/aromatic N) is 3. The van der Waals surface area contributed by atoms with Gasteiger partial charge in [0, 0.05) is 31.2 Å². The van der Waals surface area contributed by atoms with E-state index >= 15 is 0 Å². The molecule has 1 aliphatic rings. The molecule has 0 unspecified atom stereocenters. The summed E-state index contributed by atoms with van der Waals surface area (Å²) in [5, 5.41) is 9.64. The Balaban J connectivity index is 1.96. The smallest absolute Gasteiger partial charge is 0.393 e. The highest BCUT2D eigenvalue weighted by molar-refractivity contribution is 5.57. The van der Waals surface area contributed by atoms with Crippen LogP contribution in [0.4, 0.5) is 24.8 Å². The van der Waals surface area contributed by atoms with Crippen LogP contribution in [-0.4, -0.2) is 33.9 Å². The molecule has 2 aromatic rings. The average Bonchev–Trinajstić information content (AvgIpc) is 2.93. The second kappa shape index (κ2) is 6.35. The van der Waals surface area contributed by atoms with Gasteiger partial charge < -0.3 is 20.3 Å². The van der Waals surface area contributed by atoms with Crippen molar-refractivity contribution in [2.45, 2.75) is 31.7 Å². The Labute approximate surface area is 137 Å². The van der Waals surface area contributed by atoms with Gasteiger partial charge in [-0.3, -0.25) is 0 Å². The van der Waals surface area contributed by atoms with Gasteiger partial charge in [0.15, 0.2) is 5.95 Å². The maximum absolute atomic E-state index is 13.1. The predicted molar refractivity (Wildman–Crippen MR) is 84.6 cm³/mol. The van der Waals surface area contributed by atoms with Crippen molar-refractivity contribution in [1.29, 1.82) is 0 Å². The van der Waals surface area contributed by atoms with Crippen molar-refractivity contribution < 1.29 is 18.3 Å². The first-order chi connectivity index (χ1) is 11.3. The molecule has 24 heavy (non-hydrogen) atoms. The van der Waals surface area contributed by atoms with Gasteiger partial charge in [-0.15, -0.1) is 0 Å². The van der Waals surface area contributed by atoms with E-state index in [-0.39, 0.29) is 6.10 Å². The fourth-order valence-corrected chi connectivity index (χ4v) is 2.93. The first-order valence-corrected chi connectivity index (χ1v) is 7.74. The largest absolute Gasteiger partial charge is 0.416 e. The number of rotatable bonds is 3. The third kappa shape index (κ3) is 3.48. The molecule has 3 N–H and O–H groups in total. The summed E-state index contributed by atoms with van der Waals surface area (Å²) in [6, 6.07) is 3.76. The van der Waals surface area contributed by atoms with Gasteiger partial charge in [-0.25, -0.2) is 4.98 Å². The fraction of sp³-hybridized carbons (Fsp3) is 0.438. The van der Waals surface area contributed by atoms with Crippen LogP contribution in [0.2, 0.25) is 0 Å². The quantitative estimate of drug-likeness (QED) is 0.901. The van der Waals surface area contributed by atoms with E-state index in [1.165, 1.54) is 12.1 Å². The Morgan fingerprint density at radius 3 is 2.54 bits per heavy atom. The molecule has 1 aromatic carbocycles. The Morgan fingerprint density at radius 2 is 1.96 bits per heavy atom. The van der Waals surface area contributed by atoms with E-state index in [1.54, 1.807) is 17.0 Å². The van der Waals surface area contributed by atoms with Crippen molar-refractivity contribution in [1.82, 2.24) is 9.55 Å². The number of anilines is 2. The highest BCUT2D eigenvalue weighted by Gasteiger charge is 2.32. The van der Waals surface area contributed by atoms with Gasteiger partial charge in [-0.1, -0.05) is 6.07 Å². The molecule has 2 heterocycles. The third-order valence-corrected chi connectivity index (χ3v) is 4.31. The highest BCUT2D eigenvalue weighted by Crippen LogP contribution is 2.35. The van der Waals surface area contributed by atoms with E-state index in [2.05, 4.69) is 4.98 Å². The maximum Gasteiger partial charge on any atom is 0.416 e. The molecule has 0 radical (unpaired) electrons. The number of hydrogen-bond acceptors (Lipinski definition) is 4. The molecule has 0 saturated carbocycles. The zero-order chi connectivity index (χ0) is 17.3. The Morgan fingerprint density at radius 1 is 1.25 bits per heavy atom. The molecule has 0 bridgehead atoms. The lowest BCUT2D eigenvalue weighted by atomic mass is 10.0. The summed E-state index contributed by atoms with van der Waals surface area (Å²) >= 11 is 0. The number of halogens is 3. The van der Waals surface area contributed by atoms with Crippen molar-refractivity contribution >= 4 is 11.6 Å². The number of aliphatic hydroxyl groups excluding tert-OH is 1. The van der Waals surface area contributed by atoms with Crippen LogP contribution in [0, 0.1) is 0 Å². The first kappa shape index (κ1) is 16.6. The molecule has 1 aromatic heterocycles. The van der Waals surface area contributed by atoms with Crippen molar-refractivity contribution in [3.63, 3.8) is 0 Å². The van der Waals surface area contributed by atoms with E-state index in [0.717, 1.165) is 11.6 Å². The molecule has 130 valence electrons. The molecule has 0 amide bonds. The number of hydrogen-bond donors (Lipinski definition) is 2. The molecule has 1 fully saturated rings. The lowest BCUT2D eigenvalue weighted by Crippen LogP contribution is -2.36. The lowest BCUT2D eigenvalue weighted by molar-refractivity contribution is -0.137. The van der Waals surface area contributed by atoms with Crippen LogP contribution >= 0.6 is 0 Å². The van der Waals surface area contributed by atoms with Gasteiger partial charge in [-0.05, 0) is 30.5 Å². The Hall–Kier alpha value is -2.22. The molecule has 8 heteroatoms. The van der Waals surface area contributed by atoms with Crippen molar-refractivity contribution in [2.24, 2.45) is 0 Å². The van der Waals surface area contributed by atoms with Crippen molar-refractivity contribution in [2.75, 3.05) is 23.7 Å². The second-order valence-corrected chi connectivity index (χ2v) is 5.97. The Bertz CT molecular complexity index is 706. The van der Waals surface area contributed by atoms with Crippen LogP contribution in [0.15, 0.2) is 30.6 Å². The molecule has 1 aliphatic heterocycles. The minimum atomic E-state index is -4.39. The summed E-state index contributed by atoms with van der Waals surface area (Å²) in [7, 11) is 0. The van der Waals surface area contributed by atoms with E-state index in [9.17, 15) is 18.3 Å². The van der Waals surface area contributed by atoms with Crippen molar-refractivity contribution in [3.8, 4) is 0 Å². The molecular formula is C16H19F3N4O. The number of aliphatic hydroxyl groups is 1. The summed E-state index contributed by atoms with van der Waals surface area (Å²) in [4.78, 5) is 5.83. The highest BCUT2D eigenvalue weighted by atomic mass is 19.4. The third-order valence-electron chi connectivity index (χ3n) is 4.31. The number of alkyl halides is 3. The first-order valence-electron chi connectivity index (χ1n) is 7.74. The number of aromatic nitrogens is 2. The van der Waals surface area contributed by atoms with E-state index in [4.69, 9.17) is 5.73 Å². The van der Waals surface area contributed by atoms with Gasteiger partial charge in [0.05, 0.1) is 18.2 Å². The van der Waals surface area contributed by atoms with Crippen LogP contribution in [0.3, 0.4) is 0 Å². The van der Waals surface area contributed by atoms with Gasteiger partial charge in [0.2, 0.25) is 0 Å². The predicted octanol–water partition coefficient (Wildman–Crippen LogP) is 2.49. The van der Waals surface area contributed by atoms with Gasteiger partial charge in [0.1, 0.15) is 0 Å². The topological polar surface area (TPSA) is 67.3 Å². The summed E-state index contributed by atoms with van der Waals surface area (Å²) in [6.07, 6.45) is -0.449. The van der Waals surface area contributed by atoms with Crippen LogP contribution in [0.25, 0.3) is 0 Å². The monoisotopic (exact) mass is 340 g/mol. The molecule has 3 rings (SSSR count). The summed E-state index contributed by atoms with van der Waals surface area (Å²) < 4.78 is 40.9. The van der Waals surface area contributed by atoms with E-state index < -0.39 is 11.7 Å². The van der Waals surface area contributed by atoms with Crippen LogP contribution in [-0.2, 0) is 12.7 Å². The van der Waals surface area contributed by atoms with Gasteiger partial charge in [0.25, 0.3) is 0 Å². The van der Waals surface area contributed by atoms with Gasteiger partial charge in [-0.2, -0.15) is 13.2 Å². The number of nitrogen functional groups attached to an aromatic ring is 1. The molecular weight excluding hydrogens is 321 g/mol. The average molecular weight is 340 g/mol. The van der Waals surface area contributed by atoms with Crippen LogP contribution < -0.4 is 10.6 Å². The zero-order valence-corrected chi connectivity index (χ0v) is 13.0. The summed E-state index contributed by atoms with van der Waals surface area (Å²) in [5.74, 6) is 0.315. The number of benzene rings is 1. The van der Waals surface area contributed by atoms with Gasteiger partial charge >= 0.3 is 6.18 Å². The maximum atomic E-state index is 13.1. The van der Waals surface area contributed by atoms with Crippen LogP contribution in [0.1, 0.15) is 24.0 Å². The minimum Gasteiger partial charge on any atom is -0.393 e. The summed E-state index contributed by atoms with van der Waals surface area (Å²) in [6.45, 7) is 1.39. The molecule has 0 atom stereocenters. The van der Waals surface area contributed by atoms with E-state index in [0.29, 0.717) is 44.1 Å². The molecule has 0 aliphatic carbocycles. The fourth-order valence-electron chi connectivity index (χ4n) is 2.93. The SMILES string of the molecule is Nc1nccn1Cc1ccc(C(F)(F)F)cc1N1CCC(O)CC1. The minimum absolute atomic E-state index is 0.315. The number of piperidine rings is 1. The molecule has 0 spiro atoms. The molecule has 5 nitrogen and oxygen atoms in total. The van der Waals surface area contributed by atoms with Crippen LogP contribution in [0.5, 0.6) is 0 Å². The lowest BCUT2D eigenvalue weighted by Gasteiger charge is -2.33. The number of nitrogens with two attached hydrogens (primary N) is 1.